The van der Waals surface area contributed by atoms with Crippen LogP contribution in [0.15, 0.2) is 30.3 Å². The third kappa shape index (κ3) is 4.87. The molecule has 3 atom stereocenters. The molecule has 112 valence electrons. The molecule has 1 saturated heterocycles. The molecular weight excluding hydrogens is 256 g/mol. The Hall–Kier alpha value is -0.940. The van der Waals surface area contributed by atoms with Crippen LogP contribution in [0, 0.1) is 0 Å². The zero-order valence-electron chi connectivity index (χ0n) is 12.2. The zero-order chi connectivity index (χ0) is 14.6. The van der Waals surface area contributed by atoms with Crippen LogP contribution < -0.4 is 0 Å². The summed E-state index contributed by atoms with van der Waals surface area (Å²) in [5.74, 6) is -1.26. The minimum atomic E-state index is -1.26. The van der Waals surface area contributed by atoms with Crippen LogP contribution in [0.25, 0.3) is 0 Å². The molecule has 1 aliphatic rings. The average molecular weight is 280 g/mol. The van der Waals surface area contributed by atoms with Crippen LogP contribution in [0.1, 0.15) is 38.7 Å². The highest BCUT2D eigenvalue weighted by molar-refractivity contribution is 5.13. The van der Waals surface area contributed by atoms with E-state index >= 15 is 0 Å². The predicted octanol–water partition coefficient (Wildman–Crippen LogP) is 2.23. The van der Waals surface area contributed by atoms with E-state index in [1.807, 2.05) is 30.3 Å². The fourth-order valence-electron chi connectivity index (χ4n) is 2.85. The Morgan fingerprint density at radius 3 is 2.60 bits per heavy atom. The van der Waals surface area contributed by atoms with Crippen LogP contribution in [0.3, 0.4) is 0 Å². The molecule has 1 heterocycles. The van der Waals surface area contributed by atoms with Gasteiger partial charge in [0, 0.05) is 19.4 Å². The summed E-state index contributed by atoms with van der Waals surface area (Å²) in [4.78, 5) is 0. The van der Waals surface area contributed by atoms with Crippen molar-refractivity contribution >= 4 is 0 Å². The minimum absolute atomic E-state index is 0.176. The third-order valence-electron chi connectivity index (χ3n) is 3.49. The number of aliphatic hydroxyl groups is 2. The highest BCUT2D eigenvalue weighted by Gasteiger charge is 2.42. The van der Waals surface area contributed by atoms with Gasteiger partial charge >= 0.3 is 0 Å². The predicted molar refractivity (Wildman–Crippen MR) is 76.1 cm³/mol. The number of hydrogen-bond acceptors (Lipinski definition) is 4. The van der Waals surface area contributed by atoms with Gasteiger partial charge in [0.25, 0.3) is 0 Å². The normalized spacial score (nSPS) is 34.1. The Bertz CT molecular complexity index is 398. The molecule has 2 rings (SSSR count). The highest BCUT2D eigenvalue weighted by Crippen LogP contribution is 2.34. The van der Waals surface area contributed by atoms with Crippen molar-refractivity contribution in [1.29, 1.82) is 0 Å². The van der Waals surface area contributed by atoms with Gasteiger partial charge in [0.2, 0.25) is 0 Å². The van der Waals surface area contributed by atoms with Crippen molar-refractivity contribution in [2.24, 2.45) is 0 Å². The SMILES string of the molecule is C[C@@]1(O)C[C@@H](CCOCc2ccccc2)O[C@](C)(O)C1. The monoisotopic (exact) mass is 280 g/mol. The lowest BCUT2D eigenvalue weighted by atomic mass is 9.86. The Labute approximate surface area is 120 Å². The molecule has 4 nitrogen and oxygen atoms in total. The highest BCUT2D eigenvalue weighted by atomic mass is 16.6. The Balaban J connectivity index is 1.74. The third-order valence-corrected chi connectivity index (χ3v) is 3.49. The summed E-state index contributed by atoms with van der Waals surface area (Å²) in [6, 6.07) is 9.98. The molecule has 0 amide bonds. The first kappa shape index (κ1) is 15.4. The van der Waals surface area contributed by atoms with Crippen LogP contribution in [-0.4, -0.2) is 34.3 Å². The van der Waals surface area contributed by atoms with Crippen molar-refractivity contribution in [3.63, 3.8) is 0 Å². The maximum Gasteiger partial charge on any atom is 0.165 e. The maximum absolute atomic E-state index is 10.1. The topological polar surface area (TPSA) is 58.9 Å². The molecule has 0 aliphatic carbocycles. The summed E-state index contributed by atoms with van der Waals surface area (Å²) in [5, 5.41) is 20.1. The molecule has 1 aromatic carbocycles. The lowest BCUT2D eigenvalue weighted by Gasteiger charge is -2.42. The molecule has 1 aliphatic heterocycles. The van der Waals surface area contributed by atoms with Gasteiger partial charge in [-0.2, -0.15) is 0 Å². The molecule has 0 radical (unpaired) electrons. The second-order valence-corrected chi connectivity index (χ2v) is 6.12. The van der Waals surface area contributed by atoms with E-state index in [-0.39, 0.29) is 12.5 Å². The van der Waals surface area contributed by atoms with Crippen molar-refractivity contribution < 1.29 is 19.7 Å². The van der Waals surface area contributed by atoms with Crippen LogP contribution in [0.4, 0.5) is 0 Å². The lowest BCUT2D eigenvalue weighted by molar-refractivity contribution is -0.281. The number of hydrogen-bond donors (Lipinski definition) is 2. The van der Waals surface area contributed by atoms with E-state index in [1.165, 1.54) is 0 Å². The molecule has 0 bridgehead atoms. The minimum Gasteiger partial charge on any atom is -0.390 e. The van der Waals surface area contributed by atoms with E-state index in [9.17, 15) is 10.2 Å². The van der Waals surface area contributed by atoms with Crippen molar-refractivity contribution in [2.45, 2.75) is 57.2 Å². The Morgan fingerprint density at radius 1 is 1.25 bits per heavy atom. The van der Waals surface area contributed by atoms with Crippen molar-refractivity contribution in [2.75, 3.05) is 6.61 Å². The molecule has 4 heteroatoms. The molecular formula is C16H24O4. The summed E-state index contributed by atoms with van der Waals surface area (Å²) >= 11 is 0. The van der Waals surface area contributed by atoms with Crippen molar-refractivity contribution in [3.05, 3.63) is 35.9 Å². The van der Waals surface area contributed by atoms with E-state index in [2.05, 4.69) is 0 Å². The average Bonchev–Trinajstić information content (AvgIpc) is 2.32. The van der Waals surface area contributed by atoms with Crippen LogP contribution in [0.5, 0.6) is 0 Å². The van der Waals surface area contributed by atoms with Gasteiger partial charge in [-0.25, -0.2) is 0 Å². The molecule has 0 saturated carbocycles. The van der Waals surface area contributed by atoms with Gasteiger partial charge in [-0.1, -0.05) is 30.3 Å². The van der Waals surface area contributed by atoms with Gasteiger partial charge in [-0.3, -0.25) is 0 Å². The summed E-state index contributed by atoms with van der Waals surface area (Å²) in [6.45, 7) is 4.45. The summed E-state index contributed by atoms with van der Waals surface area (Å²) < 4.78 is 11.2. The number of rotatable bonds is 5. The van der Waals surface area contributed by atoms with Gasteiger partial charge in [0.05, 0.1) is 18.3 Å². The molecule has 1 aromatic rings. The largest absolute Gasteiger partial charge is 0.390 e. The number of benzene rings is 1. The van der Waals surface area contributed by atoms with E-state index in [0.717, 1.165) is 5.56 Å². The van der Waals surface area contributed by atoms with E-state index < -0.39 is 11.4 Å². The van der Waals surface area contributed by atoms with Gasteiger partial charge in [-0.05, 0) is 25.8 Å². The van der Waals surface area contributed by atoms with E-state index in [0.29, 0.717) is 26.1 Å². The second kappa shape index (κ2) is 6.22. The summed E-state index contributed by atoms with van der Waals surface area (Å²) in [6.07, 6.45) is 1.25. The lowest BCUT2D eigenvalue weighted by Crippen LogP contribution is -2.49. The first-order valence-electron chi connectivity index (χ1n) is 7.11. The summed E-state index contributed by atoms with van der Waals surface area (Å²) in [7, 11) is 0. The van der Waals surface area contributed by atoms with Gasteiger partial charge < -0.3 is 19.7 Å². The quantitative estimate of drug-likeness (QED) is 0.812. The molecule has 2 N–H and O–H groups in total. The molecule has 0 spiro atoms. The van der Waals surface area contributed by atoms with Crippen molar-refractivity contribution in [3.8, 4) is 0 Å². The van der Waals surface area contributed by atoms with Gasteiger partial charge in [0.15, 0.2) is 5.79 Å². The van der Waals surface area contributed by atoms with E-state index in [4.69, 9.17) is 9.47 Å². The summed E-state index contributed by atoms with van der Waals surface area (Å²) in [5.41, 5.74) is 0.252. The fourth-order valence-corrected chi connectivity index (χ4v) is 2.85. The first-order valence-corrected chi connectivity index (χ1v) is 7.11. The fraction of sp³-hybridized carbons (Fsp3) is 0.625. The Kier molecular flexibility index (Phi) is 4.81. The maximum atomic E-state index is 10.1. The molecule has 20 heavy (non-hydrogen) atoms. The van der Waals surface area contributed by atoms with Gasteiger partial charge in [0.1, 0.15) is 0 Å². The van der Waals surface area contributed by atoms with Crippen LogP contribution in [-0.2, 0) is 16.1 Å². The van der Waals surface area contributed by atoms with Crippen molar-refractivity contribution in [1.82, 2.24) is 0 Å². The van der Waals surface area contributed by atoms with Crippen LogP contribution >= 0.6 is 0 Å². The van der Waals surface area contributed by atoms with E-state index in [1.54, 1.807) is 13.8 Å². The number of ether oxygens (including phenoxy) is 2. The smallest absolute Gasteiger partial charge is 0.165 e. The first-order chi connectivity index (χ1) is 9.36. The van der Waals surface area contributed by atoms with Gasteiger partial charge in [-0.15, -0.1) is 0 Å². The zero-order valence-corrected chi connectivity index (χ0v) is 12.2. The Morgan fingerprint density at radius 2 is 1.95 bits per heavy atom. The molecule has 1 fully saturated rings. The second-order valence-electron chi connectivity index (χ2n) is 6.12. The molecule has 0 aromatic heterocycles. The van der Waals surface area contributed by atoms with Crippen LogP contribution in [0.2, 0.25) is 0 Å². The standard InChI is InChI=1S/C16H24O4/c1-15(17)10-14(20-16(2,18)12-15)8-9-19-11-13-6-4-3-5-7-13/h3-7,14,17-18H,8-12H2,1-2H3/t14-,15-,16+/m1/s1. The molecule has 0 unspecified atom stereocenters.